The average Bonchev–Trinajstić information content (AvgIpc) is 3.61. The number of anilines is 1. The van der Waals surface area contributed by atoms with Crippen LogP contribution in [0.15, 0.2) is 89.8 Å². The standard InChI is InChI=1S/C30H25N3O4S3/c1-28-26(34)32-25-29(18-30(32,39-38-28)27(35)31(28)2,22-17-16-19-10-6-7-13-21(19)22)23-14-8-9-15-24(23)33(25)40(36,37)20-11-4-3-5-12-20/h3-15,17,25H,16,18H2,1-2H3/t25-,28-,29-,30-/m0/s1. The minimum Gasteiger partial charge on any atom is -0.319 e. The van der Waals surface area contributed by atoms with Crippen LogP contribution >= 0.6 is 21.6 Å². The molecule has 5 heterocycles. The second kappa shape index (κ2) is 7.74. The van der Waals surface area contributed by atoms with Crippen molar-refractivity contribution in [1.82, 2.24) is 9.80 Å². The van der Waals surface area contributed by atoms with Gasteiger partial charge in [-0.25, -0.2) is 12.7 Å². The van der Waals surface area contributed by atoms with Gasteiger partial charge < -0.3 is 4.90 Å². The van der Waals surface area contributed by atoms with Crippen molar-refractivity contribution >= 4 is 54.7 Å². The molecule has 9 rings (SSSR count). The van der Waals surface area contributed by atoms with Gasteiger partial charge in [-0.15, -0.1) is 0 Å². The largest absolute Gasteiger partial charge is 0.319 e. The topological polar surface area (TPSA) is 78.0 Å². The fraction of sp³-hybridized carbons (Fsp3) is 0.267. The Morgan fingerprint density at radius 3 is 2.38 bits per heavy atom. The van der Waals surface area contributed by atoms with Crippen LogP contribution in [0.5, 0.6) is 0 Å². The third-order valence-electron chi connectivity index (χ3n) is 9.29. The summed E-state index contributed by atoms with van der Waals surface area (Å²) in [6.45, 7) is 1.76. The van der Waals surface area contributed by atoms with Crippen LogP contribution in [-0.4, -0.2) is 53.0 Å². The second-order valence-corrected chi connectivity index (χ2v) is 15.7. The van der Waals surface area contributed by atoms with E-state index in [0.29, 0.717) is 12.1 Å². The van der Waals surface area contributed by atoms with Crippen molar-refractivity contribution in [1.29, 1.82) is 0 Å². The van der Waals surface area contributed by atoms with E-state index in [0.717, 1.165) is 22.3 Å². The molecule has 3 aromatic carbocycles. The summed E-state index contributed by atoms with van der Waals surface area (Å²) in [5.41, 5.74) is 3.62. The first-order valence-electron chi connectivity index (χ1n) is 13.1. The number of nitrogens with zero attached hydrogens (tertiary/aromatic N) is 3. The molecule has 4 fully saturated rings. The maximum Gasteiger partial charge on any atom is 0.266 e. The number of fused-ring (bicyclic) bond motifs is 6. The van der Waals surface area contributed by atoms with Crippen LogP contribution in [0.3, 0.4) is 0 Å². The summed E-state index contributed by atoms with van der Waals surface area (Å²) in [6.07, 6.45) is 2.23. The Labute approximate surface area is 240 Å². The van der Waals surface area contributed by atoms with Crippen LogP contribution < -0.4 is 4.31 Å². The van der Waals surface area contributed by atoms with Gasteiger partial charge in [0.15, 0.2) is 9.74 Å². The van der Waals surface area contributed by atoms with Crippen molar-refractivity contribution in [3.8, 4) is 0 Å². The zero-order chi connectivity index (χ0) is 27.7. The molecule has 0 saturated carbocycles. The Hall–Kier alpha value is -3.21. The molecule has 0 N–H and O–H groups in total. The first-order valence-corrected chi connectivity index (χ1v) is 16.7. The van der Waals surface area contributed by atoms with Gasteiger partial charge in [0.1, 0.15) is 6.17 Å². The van der Waals surface area contributed by atoms with Crippen LogP contribution in [0.25, 0.3) is 5.57 Å². The SMILES string of the molecule is CN1C(=O)[C@@]23C[C@]4(C5=CCc6ccccc65)c5ccccc5N(S(=O)(=O)c5ccccc5)[C@@H]4N2C(=O)[C@]1(C)SS3. The van der Waals surface area contributed by atoms with Crippen LogP contribution in [0.4, 0.5) is 5.69 Å². The highest BCUT2D eigenvalue weighted by Crippen LogP contribution is 2.72. The number of benzene rings is 3. The van der Waals surface area contributed by atoms with E-state index < -0.39 is 31.3 Å². The fourth-order valence-electron chi connectivity index (χ4n) is 7.36. The van der Waals surface area contributed by atoms with E-state index in [-0.39, 0.29) is 23.1 Å². The number of likely N-dealkylation sites (N-methyl/N-ethyl adjacent to an activating group) is 1. The van der Waals surface area contributed by atoms with Crippen molar-refractivity contribution in [2.75, 3.05) is 11.4 Å². The van der Waals surface area contributed by atoms with Gasteiger partial charge in [0.25, 0.3) is 21.8 Å². The number of sulfonamides is 1. The van der Waals surface area contributed by atoms with E-state index in [4.69, 9.17) is 0 Å². The summed E-state index contributed by atoms with van der Waals surface area (Å²) in [4.78, 5) is 29.7. The van der Waals surface area contributed by atoms with Crippen molar-refractivity contribution in [2.24, 2.45) is 0 Å². The monoisotopic (exact) mass is 587 g/mol. The lowest BCUT2D eigenvalue weighted by molar-refractivity contribution is -0.163. The molecule has 0 radical (unpaired) electrons. The quantitative estimate of drug-likeness (QED) is 0.417. The number of rotatable bonds is 3. The summed E-state index contributed by atoms with van der Waals surface area (Å²) in [5, 5.41) is 0. The van der Waals surface area contributed by atoms with Crippen molar-refractivity contribution in [3.05, 3.63) is 102 Å². The predicted octanol–water partition coefficient (Wildman–Crippen LogP) is 4.61. The molecule has 5 aliphatic heterocycles. The van der Waals surface area contributed by atoms with E-state index in [2.05, 4.69) is 18.2 Å². The Balaban J connectivity index is 1.47. The number of amides is 2. The Morgan fingerprint density at radius 2 is 1.57 bits per heavy atom. The summed E-state index contributed by atoms with van der Waals surface area (Å²) in [5.74, 6) is -0.397. The van der Waals surface area contributed by atoms with Crippen molar-refractivity contribution in [3.63, 3.8) is 0 Å². The number of carbonyl (C=O) groups is 2. The minimum atomic E-state index is -4.13. The maximum atomic E-state index is 14.6. The predicted molar refractivity (Wildman–Crippen MR) is 157 cm³/mol. The molecule has 2 amide bonds. The molecule has 1 spiro atoms. The molecule has 6 aliphatic rings. The van der Waals surface area contributed by atoms with E-state index in [9.17, 15) is 18.0 Å². The summed E-state index contributed by atoms with van der Waals surface area (Å²) < 4.78 is 30.7. The molecule has 4 saturated heterocycles. The van der Waals surface area contributed by atoms with Crippen molar-refractivity contribution < 1.29 is 18.0 Å². The zero-order valence-electron chi connectivity index (χ0n) is 21.8. The number of para-hydroxylation sites is 1. The van der Waals surface area contributed by atoms with Gasteiger partial charge in [0, 0.05) is 13.5 Å². The van der Waals surface area contributed by atoms with Crippen LogP contribution in [0.2, 0.25) is 0 Å². The Kier molecular flexibility index (Phi) is 4.76. The third-order valence-corrected chi connectivity index (χ3v) is 14.8. The molecule has 0 aromatic heterocycles. The molecule has 202 valence electrons. The molecular formula is C30H25N3O4S3. The van der Waals surface area contributed by atoms with Crippen molar-refractivity contribution in [2.45, 2.75) is 46.0 Å². The molecule has 10 heteroatoms. The number of hydrogen-bond acceptors (Lipinski definition) is 6. The Morgan fingerprint density at radius 1 is 0.875 bits per heavy atom. The number of hydrogen-bond donors (Lipinski definition) is 0. The van der Waals surface area contributed by atoms with Crippen LogP contribution in [0.1, 0.15) is 30.0 Å². The molecule has 1 aliphatic carbocycles. The highest BCUT2D eigenvalue weighted by Gasteiger charge is 2.79. The maximum absolute atomic E-state index is 14.6. The molecular weight excluding hydrogens is 563 g/mol. The molecule has 2 bridgehead atoms. The minimum absolute atomic E-state index is 0.147. The number of carbonyl (C=O) groups excluding carboxylic acids is 2. The first-order chi connectivity index (χ1) is 19.2. The molecule has 3 aromatic rings. The summed E-state index contributed by atoms with van der Waals surface area (Å²) >= 11 is 0. The van der Waals surface area contributed by atoms with Crippen LogP contribution in [-0.2, 0) is 31.4 Å². The van der Waals surface area contributed by atoms with Gasteiger partial charge in [0.2, 0.25) is 0 Å². The number of allylic oxidation sites excluding steroid dienone is 1. The van der Waals surface area contributed by atoms with E-state index in [1.165, 1.54) is 25.9 Å². The van der Waals surface area contributed by atoms with Gasteiger partial charge >= 0.3 is 0 Å². The second-order valence-electron chi connectivity index (χ2n) is 11.1. The van der Waals surface area contributed by atoms with E-state index in [1.54, 1.807) is 54.1 Å². The van der Waals surface area contributed by atoms with Gasteiger partial charge in [-0.1, -0.05) is 88.3 Å². The lowest BCUT2D eigenvalue weighted by Crippen LogP contribution is -2.76. The first kappa shape index (κ1) is 24.6. The van der Waals surface area contributed by atoms with Gasteiger partial charge in [-0.2, -0.15) is 0 Å². The summed E-state index contributed by atoms with van der Waals surface area (Å²) in [6, 6.07) is 24.1. The van der Waals surface area contributed by atoms with Gasteiger partial charge in [-0.3, -0.25) is 14.5 Å². The molecule has 0 unspecified atom stereocenters. The lowest BCUT2D eigenvalue weighted by atomic mass is 9.70. The summed E-state index contributed by atoms with van der Waals surface area (Å²) in [7, 11) is 0.362. The Bertz CT molecular complexity index is 1790. The van der Waals surface area contributed by atoms with E-state index >= 15 is 0 Å². The fourth-order valence-corrected chi connectivity index (χ4v) is 12.5. The lowest BCUT2D eigenvalue weighted by Gasteiger charge is -2.58. The van der Waals surface area contributed by atoms with E-state index in [1.807, 2.05) is 36.4 Å². The third kappa shape index (κ3) is 2.63. The van der Waals surface area contributed by atoms with Crippen LogP contribution in [0, 0.1) is 0 Å². The zero-order valence-corrected chi connectivity index (χ0v) is 24.2. The number of piperazine rings is 1. The van der Waals surface area contributed by atoms with Gasteiger partial charge in [-0.05, 0) is 53.8 Å². The van der Waals surface area contributed by atoms with Gasteiger partial charge in [0.05, 0.1) is 16.0 Å². The highest BCUT2D eigenvalue weighted by molar-refractivity contribution is 8.78. The molecule has 4 atom stereocenters. The molecule has 40 heavy (non-hydrogen) atoms. The highest BCUT2D eigenvalue weighted by atomic mass is 33.1. The normalized spacial score (nSPS) is 31.7. The molecule has 7 nitrogen and oxygen atoms in total. The smallest absolute Gasteiger partial charge is 0.266 e. The average molecular weight is 588 g/mol.